The van der Waals surface area contributed by atoms with Gasteiger partial charge in [-0.1, -0.05) is 6.08 Å². The van der Waals surface area contributed by atoms with Crippen LogP contribution in [0.3, 0.4) is 0 Å². The Labute approximate surface area is 338 Å². The number of pyridine rings is 1. The van der Waals surface area contributed by atoms with Gasteiger partial charge in [0, 0.05) is 30.2 Å². The van der Waals surface area contributed by atoms with Gasteiger partial charge < -0.3 is 38.1 Å². The molecule has 5 atom stereocenters. The van der Waals surface area contributed by atoms with Crippen molar-refractivity contribution >= 4 is 28.9 Å². The van der Waals surface area contributed by atoms with Crippen molar-refractivity contribution in [2.45, 2.75) is 63.5 Å². The van der Waals surface area contributed by atoms with Crippen LogP contribution in [0.25, 0.3) is 17.0 Å². The number of carbonyl (C=O) groups is 2. The molecule has 2 bridgehead atoms. The van der Waals surface area contributed by atoms with Crippen LogP contribution in [0.15, 0.2) is 61.3 Å². The van der Waals surface area contributed by atoms with E-state index >= 15 is 0 Å². The summed E-state index contributed by atoms with van der Waals surface area (Å²) in [7, 11) is 8.43. The molecule has 12 heteroatoms. The summed E-state index contributed by atoms with van der Waals surface area (Å²) in [6.07, 6.45) is 14.4. The predicted octanol–water partition coefficient (Wildman–Crippen LogP) is 7.30. The van der Waals surface area contributed by atoms with Crippen molar-refractivity contribution in [3.8, 4) is 23.0 Å². The van der Waals surface area contributed by atoms with E-state index in [9.17, 15) is 9.59 Å². The van der Waals surface area contributed by atoms with Crippen molar-refractivity contribution in [2.75, 3.05) is 81.5 Å². The molecule has 0 saturated carbocycles. The Hall–Kier alpha value is -4.65. The van der Waals surface area contributed by atoms with E-state index in [0.717, 1.165) is 105 Å². The first kappa shape index (κ1) is 43.5. The van der Waals surface area contributed by atoms with Gasteiger partial charge in [0.25, 0.3) is 0 Å². The number of nitrogens with zero attached hydrogens (tertiary/aromatic N) is 3. The van der Waals surface area contributed by atoms with Gasteiger partial charge in [-0.3, -0.25) is 9.88 Å². The van der Waals surface area contributed by atoms with Crippen LogP contribution in [0, 0.1) is 11.8 Å². The van der Waals surface area contributed by atoms with E-state index in [4.69, 9.17) is 33.2 Å². The number of piperidine rings is 3. The van der Waals surface area contributed by atoms with Crippen molar-refractivity contribution in [3.05, 3.63) is 72.5 Å². The van der Waals surface area contributed by atoms with E-state index < -0.39 is 5.97 Å². The minimum Gasteiger partial charge on any atom is -0.497 e. The third-order valence-corrected chi connectivity index (χ3v) is 11.1. The number of methoxy groups -OCH3 is 4. The maximum Gasteiger partial charge on any atom is 0.332 e. The number of hydrogen-bond donors (Lipinski definition) is 0. The first-order valence-corrected chi connectivity index (χ1v) is 20.2. The molecule has 3 aromatic rings. The highest BCUT2D eigenvalue weighted by Crippen LogP contribution is 2.44. The fourth-order valence-electron chi connectivity index (χ4n) is 8.02. The summed E-state index contributed by atoms with van der Waals surface area (Å²) in [4.78, 5) is 34.6. The van der Waals surface area contributed by atoms with Crippen molar-refractivity contribution in [1.82, 2.24) is 14.8 Å². The molecular weight excluding hydrogens is 727 g/mol. The van der Waals surface area contributed by atoms with Crippen molar-refractivity contribution in [1.29, 1.82) is 0 Å². The van der Waals surface area contributed by atoms with Gasteiger partial charge in [-0.2, -0.15) is 0 Å². The zero-order valence-electron chi connectivity index (χ0n) is 34.4. The zero-order valence-corrected chi connectivity index (χ0v) is 34.4. The van der Waals surface area contributed by atoms with Crippen LogP contribution in [0.5, 0.6) is 23.0 Å². The average molecular weight is 788 g/mol. The van der Waals surface area contributed by atoms with Gasteiger partial charge in [0.2, 0.25) is 5.75 Å². The van der Waals surface area contributed by atoms with E-state index in [1.54, 1.807) is 46.6 Å². The molecule has 1 unspecified atom stereocenters. The number of aromatic nitrogens is 1. The van der Waals surface area contributed by atoms with E-state index in [1.807, 2.05) is 30.5 Å². The first-order chi connectivity index (χ1) is 27.8. The van der Waals surface area contributed by atoms with E-state index in [2.05, 4.69) is 34.5 Å². The Morgan fingerprint density at radius 1 is 0.912 bits per heavy atom. The topological polar surface area (TPSA) is 118 Å². The van der Waals surface area contributed by atoms with E-state index in [-0.39, 0.29) is 24.7 Å². The minimum atomic E-state index is -0.394. The number of benzene rings is 2. The molecular formula is C45H61N3O9. The standard InChI is InChI=1S/C45H61N3O9/c1-7-33-30-48-23-19-34(33)28-39(48)44(36-18-20-46-38-16-15-35(51-3)29-37(36)38)57-31-43(50)56-25-13-9-11-22-47(2)21-10-8-12-24-55-42(49)17-14-32-26-40(52-4)45(54-6)41(27-32)53-5/h7,14-18,20,26-27,29,33-34,39,44H,1,8-13,19,21-25,28,30-31H2,2-6H3/b17-14+/t33-,34+,39+,44-/m1/s1. The van der Waals surface area contributed by atoms with Gasteiger partial charge in [-0.05, 0) is 143 Å². The van der Waals surface area contributed by atoms with Gasteiger partial charge in [0.1, 0.15) is 12.4 Å². The summed E-state index contributed by atoms with van der Waals surface area (Å²) < 4.78 is 39.1. The lowest BCUT2D eigenvalue weighted by Gasteiger charge is -2.51. The molecule has 2 aromatic carbocycles. The maximum atomic E-state index is 13.0. The lowest BCUT2D eigenvalue weighted by Crippen LogP contribution is -2.55. The number of unbranched alkanes of at least 4 members (excludes halogenated alkanes) is 4. The number of rotatable bonds is 24. The smallest absolute Gasteiger partial charge is 0.332 e. The number of carbonyl (C=O) groups excluding carboxylic acids is 2. The summed E-state index contributed by atoms with van der Waals surface area (Å²) in [5.41, 5.74) is 2.62. The Morgan fingerprint density at radius 3 is 2.26 bits per heavy atom. The monoisotopic (exact) mass is 787 g/mol. The summed E-state index contributed by atoms with van der Waals surface area (Å²) in [5.74, 6) is 2.60. The molecule has 6 rings (SSSR count). The molecule has 310 valence electrons. The third kappa shape index (κ3) is 12.2. The molecule has 0 amide bonds. The van der Waals surface area contributed by atoms with Crippen LogP contribution in [0.2, 0.25) is 0 Å². The first-order valence-electron chi connectivity index (χ1n) is 20.2. The van der Waals surface area contributed by atoms with Crippen molar-refractivity contribution in [2.24, 2.45) is 11.8 Å². The van der Waals surface area contributed by atoms with Gasteiger partial charge >= 0.3 is 11.9 Å². The van der Waals surface area contributed by atoms with Crippen LogP contribution in [-0.4, -0.2) is 114 Å². The molecule has 3 aliphatic heterocycles. The van der Waals surface area contributed by atoms with Gasteiger partial charge in [-0.25, -0.2) is 9.59 Å². The summed E-state index contributed by atoms with van der Waals surface area (Å²) in [6, 6.07) is 11.6. The average Bonchev–Trinajstić information content (AvgIpc) is 3.24. The molecule has 3 fully saturated rings. The third-order valence-electron chi connectivity index (χ3n) is 11.1. The van der Waals surface area contributed by atoms with Crippen LogP contribution in [0.4, 0.5) is 0 Å². The predicted molar refractivity (Wildman–Crippen MR) is 221 cm³/mol. The van der Waals surface area contributed by atoms with Crippen LogP contribution < -0.4 is 18.9 Å². The summed E-state index contributed by atoms with van der Waals surface area (Å²) in [5, 5.41) is 0.975. The van der Waals surface area contributed by atoms with Gasteiger partial charge in [-0.15, -0.1) is 6.58 Å². The molecule has 3 aliphatic rings. The number of ether oxygens (including phenoxy) is 7. The SMILES string of the molecule is C=C[C@@H]1CN2CC[C@H]1C[C@H]2[C@H](OCC(=O)OCCCCCN(C)CCCCCOC(=O)/C=C/c1cc(OC)c(OC)c(OC)c1)c1ccnc2ccc(OC)cc12. The minimum absolute atomic E-state index is 0.105. The highest BCUT2D eigenvalue weighted by molar-refractivity contribution is 5.87. The quantitative estimate of drug-likeness (QED) is 0.0393. The second kappa shape index (κ2) is 22.3. The summed E-state index contributed by atoms with van der Waals surface area (Å²) in [6.45, 7) is 8.64. The molecule has 0 radical (unpaired) electrons. The molecule has 0 N–H and O–H groups in total. The second-order valence-electron chi connectivity index (χ2n) is 14.9. The lowest BCUT2D eigenvalue weighted by molar-refractivity contribution is -0.155. The lowest BCUT2D eigenvalue weighted by atomic mass is 9.73. The largest absolute Gasteiger partial charge is 0.497 e. The zero-order chi connectivity index (χ0) is 40.6. The molecule has 0 spiro atoms. The fourth-order valence-corrected chi connectivity index (χ4v) is 8.02. The van der Waals surface area contributed by atoms with Crippen LogP contribution in [-0.2, 0) is 23.8 Å². The van der Waals surface area contributed by atoms with Gasteiger partial charge in [0.15, 0.2) is 11.5 Å². The Morgan fingerprint density at radius 2 is 1.63 bits per heavy atom. The maximum absolute atomic E-state index is 13.0. The molecule has 4 heterocycles. The second-order valence-corrected chi connectivity index (χ2v) is 14.9. The van der Waals surface area contributed by atoms with Crippen LogP contribution in [0.1, 0.15) is 68.6 Å². The van der Waals surface area contributed by atoms with Crippen molar-refractivity contribution < 1.29 is 42.7 Å². The Kier molecular flexibility index (Phi) is 17.0. The van der Waals surface area contributed by atoms with Crippen molar-refractivity contribution in [3.63, 3.8) is 0 Å². The fraction of sp³-hybridized carbons (Fsp3) is 0.533. The van der Waals surface area contributed by atoms with E-state index in [1.165, 1.54) is 6.08 Å². The molecule has 0 aliphatic carbocycles. The molecule has 1 aromatic heterocycles. The highest BCUT2D eigenvalue weighted by atomic mass is 16.6. The van der Waals surface area contributed by atoms with Gasteiger partial charge in [0.05, 0.1) is 53.3 Å². The molecule has 3 saturated heterocycles. The van der Waals surface area contributed by atoms with Crippen LogP contribution >= 0.6 is 0 Å². The Bertz CT molecular complexity index is 1770. The number of esters is 2. The highest BCUT2D eigenvalue weighted by Gasteiger charge is 2.43. The number of fused-ring (bicyclic) bond motifs is 4. The molecule has 57 heavy (non-hydrogen) atoms. The number of hydrogen-bond acceptors (Lipinski definition) is 12. The van der Waals surface area contributed by atoms with E-state index in [0.29, 0.717) is 42.3 Å². The molecule has 12 nitrogen and oxygen atoms in total. The summed E-state index contributed by atoms with van der Waals surface area (Å²) >= 11 is 0. The Balaban J connectivity index is 0.962. The normalized spacial score (nSPS) is 19.4.